The molecule has 0 aliphatic rings. The molecular formula is C12H14FN3O. The highest BCUT2D eigenvalue weighted by Crippen LogP contribution is 2.13. The van der Waals surface area contributed by atoms with E-state index < -0.39 is 6.04 Å². The summed E-state index contributed by atoms with van der Waals surface area (Å²) in [6.07, 6.45) is 3.17. The number of benzene rings is 1. The maximum Gasteiger partial charge on any atom is 0.128 e. The van der Waals surface area contributed by atoms with Crippen LogP contribution in [-0.4, -0.2) is 21.3 Å². The Kier molecular flexibility index (Phi) is 3.51. The fourth-order valence-electron chi connectivity index (χ4n) is 1.68. The van der Waals surface area contributed by atoms with E-state index >= 15 is 0 Å². The molecule has 1 aromatic heterocycles. The van der Waals surface area contributed by atoms with Crippen molar-refractivity contribution in [3.63, 3.8) is 0 Å². The summed E-state index contributed by atoms with van der Waals surface area (Å²) in [7, 11) is 0. The van der Waals surface area contributed by atoms with E-state index in [1.807, 2.05) is 0 Å². The van der Waals surface area contributed by atoms with Gasteiger partial charge in [0.15, 0.2) is 0 Å². The molecule has 3 N–H and O–H groups in total. The predicted molar refractivity (Wildman–Crippen MR) is 61.7 cm³/mol. The summed E-state index contributed by atoms with van der Waals surface area (Å²) in [4.78, 5) is 3.97. The number of imidazole rings is 1. The maximum atomic E-state index is 13.5. The molecule has 0 spiro atoms. The van der Waals surface area contributed by atoms with E-state index in [-0.39, 0.29) is 12.4 Å². The lowest BCUT2D eigenvalue weighted by Gasteiger charge is -2.12. The molecule has 1 heterocycles. The van der Waals surface area contributed by atoms with Gasteiger partial charge in [0, 0.05) is 11.8 Å². The molecule has 0 saturated carbocycles. The maximum absolute atomic E-state index is 13.5. The molecule has 1 atom stereocenters. The molecule has 0 saturated heterocycles. The molecule has 5 heteroatoms. The fraction of sp³-hybridized carbons (Fsp3) is 0.250. The van der Waals surface area contributed by atoms with Gasteiger partial charge in [0.2, 0.25) is 0 Å². The Morgan fingerprint density at radius 2 is 2.18 bits per heavy atom. The van der Waals surface area contributed by atoms with Gasteiger partial charge in [0.05, 0.1) is 31.2 Å². The Morgan fingerprint density at radius 1 is 1.41 bits per heavy atom. The van der Waals surface area contributed by atoms with Crippen LogP contribution in [0.5, 0.6) is 0 Å². The molecule has 1 unspecified atom stereocenters. The van der Waals surface area contributed by atoms with Crippen molar-refractivity contribution in [2.45, 2.75) is 12.6 Å². The lowest BCUT2D eigenvalue weighted by atomic mass is 10.2. The number of aromatic nitrogens is 2. The number of hydrogen-bond acceptors (Lipinski definition) is 3. The van der Waals surface area contributed by atoms with Crippen LogP contribution in [0.2, 0.25) is 0 Å². The number of nitrogens with zero attached hydrogens (tertiary/aromatic N) is 2. The van der Waals surface area contributed by atoms with Crippen LogP contribution in [0.3, 0.4) is 0 Å². The summed E-state index contributed by atoms with van der Waals surface area (Å²) >= 11 is 0. The average Bonchev–Trinajstić information content (AvgIpc) is 2.79. The Balaban J connectivity index is 2.25. The smallest absolute Gasteiger partial charge is 0.128 e. The molecule has 0 aliphatic carbocycles. The SMILES string of the molecule is NC(CO)c1cncn1Cc1ccccc1F. The molecule has 90 valence electrons. The van der Waals surface area contributed by atoms with Crippen molar-refractivity contribution in [3.05, 3.63) is 53.9 Å². The van der Waals surface area contributed by atoms with Crippen LogP contribution in [0.4, 0.5) is 4.39 Å². The van der Waals surface area contributed by atoms with Gasteiger partial charge in [-0.15, -0.1) is 0 Å². The molecule has 0 bridgehead atoms. The van der Waals surface area contributed by atoms with Gasteiger partial charge >= 0.3 is 0 Å². The minimum Gasteiger partial charge on any atom is -0.394 e. The minimum absolute atomic E-state index is 0.164. The van der Waals surface area contributed by atoms with Crippen molar-refractivity contribution in [2.24, 2.45) is 5.73 Å². The molecule has 2 rings (SSSR count). The second-order valence-electron chi connectivity index (χ2n) is 3.83. The quantitative estimate of drug-likeness (QED) is 0.833. The first-order valence-electron chi connectivity index (χ1n) is 5.32. The molecule has 4 nitrogen and oxygen atoms in total. The first-order chi connectivity index (χ1) is 8.22. The lowest BCUT2D eigenvalue weighted by Crippen LogP contribution is -2.19. The van der Waals surface area contributed by atoms with Crippen molar-refractivity contribution < 1.29 is 9.50 Å². The third-order valence-corrected chi connectivity index (χ3v) is 2.62. The summed E-state index contributed by atoms with van der Waals surface area (Å²) in [6.45, 7) is 0.193. The molecule has 17 heavy (non-hydrogen) atoms. The van der Waals surface area contributed by atoms with Gasteiger partial charge in [-0.05, 0) is 6.07 Å². The molecular weight excluding hydrogens is 221 g/mol. The fourth-order valence-corrected chi connectivity index (χ4v) is 1.68. The van der Waals surface area contributed by atoms with E-state index in [0.717, 1.165) is 0 Å². The van der Waals surface area contributed by atoms with Gasteiger partial charge in [-0.25, -0.2) is 9.37 Å². The monoisotopic (exact) mass is 235 g/mol. The Hall–Kier alpha value is -1.72. The first-order valence-corrected chi connectivity index (χ1v) is 5.32. The Morgan fingerprint density at radius 3 is 2.88 bits per heavy atom. The second-order valence-corrected chi connectivity index (χ2v) is 3.83. The van der Waals surface area contributed by atoms with Crippen LogP contribution in [-0.2, 0) is 6.54 Å². The summed E-state index contributed by atoms with van der Waals surface area (Å²) < 4.78 is 15.2. The number of nitrogens with two attached hydrogens (primary N) is 1. The zero-order chi connectivity index (χ0) is 12.3. The third-order valence-electron chi connectivity index (χ3n) is 2.62. The van der Waals surface area contributed by atoms with Gasteiger partial charge in [-0.3, -0.25) is 0 Å². The topological polar surface area (TPSA) is 64.1 Å². The van der Waals surface area contributed by atoms with E-state index in [2.05, 4.69) is 4.98 Å². The predicted octanol–water partition coefficient (Wildman–Crippen LogP) is 1.06. The largest absolute Gasteiger partial charge is 0.394 e. The molecule has 1 aromatic carbocycles. The van der Waals surface area contributed by atoms with Gasteiger partial charge in [-0.1, -0.05) is 18.2 Å². The van der Waals surface area contributed by atoms with Crippen LogP contribution in [0, 0.1) is 5.82 Å². The second kappa shape index (κ2) is 5.07. The Bertz CT molecular complexity index is 498. The molecule has 0 fully saturated rings. The summed E-state index contributed by atoms with van der Waals surface area (Å²) in [5.41, 5.74) is 6.98. The molecule has 2 aromatic rings. The minimum atomic E-state index is -0.496. The van der Waals surface area contributed by atoms with Crippen molar-refractivity contribution in [3.8, 4) is 0 Å². The summed E-state index contributed by atoms with van der Waals surface area (Å²) in [5.74, 6) is -0.260. The van der Waals surface area contributed by atoms with Crippen LogP contribution < -0.4 is 5.73 Å². The summed E-state index contributed by atoms with van der Waals surface area (Å²) in [5, 5.41) is 9.01. The zero-order valence-electron chi connectivity index (χ0n) is 9.25. The zero-order valence-corrected chi connectivity index (χ0v) is 9.25. The Labute approximate surface area is 98.5 Å². The lowest BCUT2D eigenvalue weighted by molar-refractivity contribution is 0.263. The molecule has 0 aliphatic heterocycles. The molecule has 0 radical (unpaired) electrons. The van der Waals surface area contributed by atoms with Crippen LogP contribution >= 0.6 is 0 Å². The van der Waals surface area contributed by atoms with Crippen molar-refractivity contribution in [1.29, 1.82) is 0 Å². The highest BCUT2D eigenvalue weighted by molar-refractivity contribution is 5.19. The number of halogens is 1. The molecule has 0 amide bonds. The number of aliphatic hydroxyl groups excluding tert-OH is 1. The highest BCUT2D eigenvalue weighted by atomic mass is 19.1. The van der Waals surface area contributed by atoms with Gasteiger partial charge in [0.1, 0.15) is 5.82 Å². The summed E-state index contributed by atoms with van der Waals surface area (Å²) in [6, 6.07) is 6.06. The van der Waals surface area contributed by atoms with Gasteiger partial charge in [-0.2, -0.15) is 0 Å². The van der Waals surface area contributed by atoms with Crippen LogP contribution in [0.15, 0.2) is 36.8 Å². The third kappa shape index (κ3) is 2.51. The van der Waals surface area contributed by atoms with E-state index in [9.17, 15) is 4.39 Å². The van der Waals surface area contributed by atoms with Gasteiger partial charge in [0.25, 0.3) is 0 Å². The highest BCUT2D eigenvalue weighted by Gasteiger charge is 2.11. The standard InChI is InChI=1S/C12H14FN3O/c13-10-4-2-1-3-9(10)6-16-8-15-5-12(16)11(14)7-17/h1-5,8,11,17H,6-7,14H2. The first kappa shape index (κ1) is 11.8. The van der Waals surface area contributed by atoms with E-state index in [4.69, 9.17) is 10.8 Å². The van der Waals surface area contributed by atoms with Crippen molar-refractivity contribution in [1.82, 2.24) is 9.55 Å². The van der Waals surface area contributed by atoms with Gasteiger partial charge < -0.3 is 15.4 Å². The van der Waals surface area contributed by atoms with E-state index in [0.29, 0.717) is 17.8 Å². The van der Waals surface area contributed by atoms with E-state index in [1.54, 1.807) is 35.3 Å². The average molecular weight is 235 g/mol. The number of rotatable bonds is 4. The van der Waals surface area contributed by atoms with Crippen molar-refractivity contribution in [2.75, 3.05) is 6.61 Å². The van der Waals surface area contributed by atoms with Crippen LogP contribution in [0.1, 0.15) is 17.3 Å². The van der Waals surface area contributed by atoms with Crippen LogP contribution in [0.25, 0.3) is 0 Å². The number of hydrogen-bond donors (Lipinski definition) is 2. The van der Waals surface area contributed by atoms with E-state index in [1.165, 1.54) is 6.07 Å². The normalized spacial score (nSPS) is 12.6. The number of aliphatic hydroxyl groups is 1. The van der Waals surface area contributed by atoms with Crippen molar-refractivity contribution >= 4 is 0 Å².